The van der Waals surface area contributed by atoms with Crippen LogP contribution < -0.4 is 0 Å². The minimum atomic E-state index is -5.40. The minimum Gasteiger partial charge on any atom is -0.462 e. The predicted octanol–water partition coefficient (Wildman–Crippen LogP) is 6.78. The van der Waals surface area contributed by atoms with E-state index in [0.29, 0.717) is 12.8 Å². The molecule has 0 amide bonds. The number of aliphatic hydroxyl groups excluding tert-OH is 6. The van der Waals surface area contributed by atoms with Crippen LogP contribution in [-0.4, -0.2) is 125 Å². The van der Waals surface area contributed by atoms with Crippen LogP contribution in [-0.2, 0) is 41.8 Å². The molecule has 10 atom stereocenters. The maximum absolute atomic E-state index is 13.0. The summed E-state index contributed by atoms with van der Waals surface area (Å²) < 4.78 is 49.2. The van der Waals surface area contributed by atoms with E-state index in [2.05, 4.69) is 42.7 Å². The van der Waals surface area contributed by atoms with Gasteiger partial charge in [-0.2, -0.15) is 0 Å². The van der Waals surface area contributed by atoms with Gasteiger partial charge in [0.05, 0.1) is 18.8 Å². The van der Waals surface area contributed by atoms with Crippen molar-refractivity contribution >= 4 is 27.6 Å². The highest BCUT2D eigenvalue weighted by Gasteiger charge is 2.54. The smallest absolute Gasteiger partial charge is 0.462 e. The van der Waals surface area contributed by atoms with Crippen molar-refractivity contribution in [3.63, 3.8) is 0 Å². The first-order valence-electron chi connectivity index (χ1n) is 23.7. The summed E-state index contributed by atoms with van der Waals surface area (Å²) in [6.45, 7) is 2.77. The van der Waals surface area contributed by atoms with Crippen LogP contribution in [0.25, 0.3) is 0 Å². The Morgan fingerprint density at radius 1 is 0.552 bits per heavy atom. The molecule has 1 rings (SSSR count). The van der Waals surface area contributed by atoms with Crippen molar-refractivity contribution in [3.8, 4) is 0 Å². The molecule has 0 bridgehead atoms. The molecule has 0 heterocycles. The van der Waals surface area contributed by atoms with Gasteiger partial charge in [0.15, 0.2) is 6.10 Å². The van der Waals surface area contributed by atoms with Crippen LogP contribution in [0, 0.1) is 0 Å². The Bertz CT molecular complexity index is 1610. The summed E-state index contributed by atoms with van der Waals surface area (Å²) in [6, 6.07) is 0. The lowest BCUT2D eigenvalue weighted by Crippen LogP contribution is -2.64. The van der Waals surface area contributed by atoms with Crippen LogP contribution in [0.5, 0.6) is 0 Å². The maximum Gasteiger partial charge on any atom is 0.472 e. The number of aliphatic hydroxyl groups is 6. The first-order valence-corrected chi connectivity index (χ1v) is 26.7. The standard InChI is InChI=1S/C47H80O18P2/c1-3-5-7-8-9-10-11-12-13-14-15-16-20-23-27-33-40(50)61-35-39(36-62-67(59,60)65-47-44(54)42(52)43(53)46(45(47)55)64-66(56,57)58)63-41(51)34-28-32-38(49)31-26-22-19-17-18-21-25-30-37(48)29-24-6-4-2/h9-10,12-13,18-19,21-22,25-26,30-31,37-39,42-49,52-55H,3-8,11,14-17,20,23-24,27-29,32-36H2,1-2H3,(H,59,60)(H2,56,57,58)/b10-9-,13-12-,21-18-,22-19-,30-25+,31-26+/t37-,38-,39-,42?,43?,44?,45?,46-,47+/m1/s1. The third kappa shape index (κ3) is 32.0. The second-order valence-electron chi connectivity index (χ2n) is 16.5. The molecule has 0 aliphatic heterocycles. The largest absolute Gasteiger partial charge is 0.472 e. The zero-order valence-electron chi connectivity index (χ0n) is 39.3. The molecule has 1 saturated carbocycles. The molecule has 20 heteroatoms. The van der Waals surface area contributed by atoms with Gasteiger partial charge >= 0.3 is 27.6 Å². The fraction of sp³-hybridized carbons (Fsp3) is 0.702. The van der Waals surface area contributed by atoms with E-state index in [0.717, 1.165) is 70.6 Å². The number of unbranched alkanes of at least 4 members (excludes halogenated alkanes) is 10. The van der Waals surface area contributed by atoms with Gasteiger partial charge in [-0.1, -0.05) is 138 Å². The fourth-order valence-electron chi connectivity index (χ4n) is 6.68. The van der Waals surface area contributed by atoms with Gasteiger partial charge in [-0.05, 0) is 64.2 Å². The molecule has 18 nitrogen and oxygen atoms in total. The number of ether oxygens (including phenoxy) is 2. The summed E-state index contributed by atoms with van der Waals surface area (Å²) in [6.07, 6.45) is 22.0. The van der Waals surface area contributed by atoms with E-state index in [-0.39, 0.29) is 25.7 Å². The third-order valence-electron chi connectivity index (χ3n) is 10.5. The van der Waals surface area contributed by atoms with Gasteiger partial charge in [0.1, 0.15) is 43.2 Å². The Morgan fingerprint density at radius 3 is 1.66 bits per heavy atom. The number of esters is 2. The van der Waals surface area contributed by atoms with Crippen molar-refractivity contribution in [2.45, 2.75) is 197 Å². The van der Waals surface area contributed by atoms with E-state index >= 15 is 0 Å². The highest BCUT2D eigenvalue weighted by atomic mass is 31.2. The highest BCUT2D eigenvalue weighted by molar-refractivity contribution is 7.47. The number of allylic oxidation sites excluding steroid dienone is 10. The molecule has 9 N–H and O–H groups in total. The lowest BCUT2D eigenvalue weighted by molar-refractivity contribution is -0.216. The molecular weight excluding hydrogens is 914 g/mol. The molecule has 0 radical (unpaired) electrons. The highest BCUT2D eigenvalue weighted by Crippen LogP contribution is 2.49. The molecule has 0 aromatic carbocycles. The lowest BCUT2D eigenvalue weighted by atomic mass is 9.85. The van der Waals surface area contributed by atoms with Crippen LogP contribution >= 0.6 is 15.6 Å². The number of hydrogen-bond donors (Lipinski definition) is 9. The summed E-state index contributed by atoms with van der Waals surface area (Å²) in [4.78, 5) is 54.3. The predicted molar refractivity (Wildman–Crippen MR) is 253 cm³/mol. The average Bonchev–Trinajstić information content (AvgIpc) is 3.27. The normalized spacial score (nSPS) is 23.0. The Kier molecular flexibility index (Phi) is 34.7. The summed E-state index contributed by atoms with van der Waals surface area (Å²) in [7, 11) is -10.8. The van der Waals surface area contributed by atoms with Gasteiger partial charge in [-0.3, -0.25) is 23.2 Å². The van der Waals surface area contributed by atoms with E-state index in [1.165, 1.54) is 19.3 Å². The number of phosphoric ester groups is 2. The molecule has 386 valence electrons. The monoisotopic (exact) mass is 994 g/mol. The van der Waals surface area contributed by atoms with Gasteiger partial charge in [0.2, 0.25) is 0 Å². The van der Waals surface area contributed by atoms with Crippen LogP contribution in [0.3, 0.4) is 0 Å². The Balaban J connectivity index is 2.72. The Hall–Kier alpha value is -2.64. The summed E-state index contributed by atoms with van der Waals surface area (Å²) in [5.74, 6) is -1.46. The molecule has 0 saturated heterocycles. The maximum atomic E-state index is 13.0. The van der Waals surface area contributed by atoms with Gasteiger partial charge in [-0.25, -0.2) is 9.13 Å². The number of hydrogen-bond acceptors (Lipinski definition) is 15. The van der Waals surface area contributed by atoms with Crippen molar-refractivity contribution < 1.29 is 87.1 Å². The van der Waals surface area contributed by atoms with Crippen molar-refractivity contribution in [1.82, 2.24) is 0 Å². The molecule has 0 aromatic rings. The second kappa shape index (κ2) is 37.2. The average molecular weight is 995 g/mol. The molecule has 1 aliphatic carbocycles. The van der Waals surface area contributed by atoms with Crippen molar-refractivity contribution in [1.29, 1.82) is 0 Å². The molecule has 5 unspecified atom stereocenters. The molecule has 0 spiro atoms. The summed E-state index contributed by atoms with van der Waals surface area (Å²) >= 11 is 0. The quantitative estimate of drug-likeness (QED) is 0.0101. The van der Waals surface area contributed by atoms with Crippen LogP contribution in [0.15, 0.2) is 72.9 Å². The second-order valence-corrected chi connectivity index (χ2v) is 19.1. The lowest BCUT2D eigenvalue weighted by Gasteiger charge is -2.43. The summed E-state index contributed by atoms with van der Waals surface area (Å²) in [5.41, 5.74) is 0. The van der Waals surface area contributed by atoms with E-state index in [1.54, 1.807) is 30.4 Å². The van der Waals surface area contributed by atoms with E-state index < -0.39 is 95.7 Å². The van der Waals surface area contributed by atoms with Gasteiger partial charge < -0.3 is 54.8 Å². The molecular formula is C47H80O18P2. The van der Waals surface area contributed by atoms with Crippen molar-refractivity contribution in [2.24, 2.45) is 0 Å². The van der Waals surface area contributed by atoms with E-state index in [1.807, 2.05) is 18.2 Å². The third-order valence-corrected chi connectivity index (χ3v) is 12.0. The van der Waals surface area contributed by atoms with Gasteiger partial charge in [0.25, 0.3) is 0 Å². The first-order chi connectivity index (χ1) is 31.9. The van der Waals surface area contributed by atoms with Crippen LogP contribution in [0.1, 0.15) is 142 Å². The molecule has 0 aromatic heterocycles. The Morgan fingerprint density at radius 2 is 1.06 bits per heavy atom. The molecule has 1 fully saturated rings. The number of carbonyl (C=O) groups excluding carboxylic acids is 2. The van der Waals surface area contributed by atoms with Gasteiger partial charge in [0, 0.05) is 12.8 Å². The number of phosphoric acid groups is 2. The van der Waals surface area contributed by atoms with E-state index in [4.69, 9.17) is 18.5 Å². The van der Waals surface area contributed by atoms with Crippen molar-refractivity contribution in [2.75, 3.05) is 13.2 Å². The molecule has 67 heavy (non-hydrogen) atoms. The molecule has 1 aliphatic rings. The zero-order chi connectivity index (χ0) is 49.9. The Labute approximate surface area is 397 Å². The summed E-state index contributed by atoms with van der Waals surface area (Å²) in [5, 5.41) is 61.5. The SMILES string of the molecule is CCCCC/C=C\C/C=C\CCCCCCCC(=O)OC[C@H](COP(=O)(O)O[C@H]1C(O)C(O)C(O)[C@@H](OP(=O)(O)O)C1O)OC(=O)CCC[C@H](O)/C=C/C=C\C/C=C\C=C\[C@H](O)CCCCC. The van der Waals surface area contributed by atoms with Crippen LogP contribution in [0.2, 0.25) is 0 Å². The number of carbonyl (C=O) groups is 2. The van der Waals surface area contributed by atoms with Crippen molar-refractivity contribution in [3.05, 3.63) is 72.9 Å². The topological polar surface area (TPSA) is 296 Å². The fourth-order valence-corrected chi connectivity index (χ4v) is 8.22. The minimum absolute atomic E-state index is 0.0516. The van der Waals surface area contributed by atoms with Gasteiger partial charge in [-0.15, -0.1) is 0 Å². The van der Waals surface area contributed by atoms with Crippen LogP contribution in [0.4, 0.5) is 0 Å². The number of rotatable bonds is 38. The van der Waals surface area contributed by atoms with E-state index in [9.17, 15) is 64.0 Å². The first kappa shape index (κ1) is 62.4. The zero-order valence-corrected chi connectivity index (χ0v) is 41.1.